The number of hydrogen-bond donors (Lipinski definition) is 3. The summed E-state index contributed by atoms with van der Waals surface area (Å²) in [5, 5.41) is 8.75. The molecule has 7 nitrogen and oxygen atoms in total. The predicted octanol–water partition coefficient (Wildman–Crippen LogP) is 2.64. The van der Waals surface area contributed by atoms with Gasteiger partial charge in [0.05, 0.1) is 7.11 Å². The van der Waals surface area contributed by atoms with E-state index in [0.717, 1.165) is 5.56 Å². The predicted molar refractivity (Wildman–Crippen MR) is 111 cm³/mol. The number of aliphatic imine (C=N–C) groups is 1. The van der Waals surface area contributed by atoms with Gasteiger partial charge in [-0.3, -0.25) is 4.99 Å². The third-order valence-electron chi connectivity index (χ3n) is 2.99. The van der Waals surface area contributed by atoms with Gasteiger partial charge in [-0.15, -0.1) is 24.0 Å². The highest BCUT2D eigenvalue weighted by molar-refractivity contribution is 14.0. The number of ether oxygens (including phenoxy) is 2. The summed E-state index contributed by atoms with van der Waals surface area (Å²) >= 11 is 0. The largest absolute Gasteiger partial charge is 0.494 e. The lowest BCUT2D eigenvalue weighted by atomic mass is 10.2. The topological polar surface area (TPSA) is 84.0 Å². The lowest BCUT2D eigenvalue weighted by molar-refractivity contribution is 0.0529. The van der Waals surface area contributed by atoms with Gasteiger partial charge in [0.2, 0.25) is 0 Å². The average molecular weight is 482 g/mol. The summed E-state index contributed by atoms with van der Waals surface area (Å²) in [4.78, 5) is 15.6. The van der Waals surface area contributed by atoms with Crippen molar-refractivity contribution in [3.8, 4) is 5.75 Å². The second-order valence-corrected chi connectivity index (χ2v) is 6.25. The minimum absolute atomic E-state index is 0. The van der Waals surface area contributed by atoms with Crippen LogP contribution < -0.4 is 20.7 Å². The molecule has 148 valence electrons. The summed E-state index contributed by atoms with van der Waals surface area (Å²) in [5.74, 6) is 0.341. The van der Waals surface area contributed by atoms with E-state index in [-0.39, 0.29) is 29.7 Å². The number of nitrogens with one attached hydrogen (secondary N) is 3. The number of hydrogen-bond acceptors (Lipinski definition) is 4. The Hall–Kier alpha value is -1.78. The molecule has 1 amide bonds. The Kier molecular flexibility index (Phi) is 11.0. The molecule has 3 N–H and O–H groups in total. The Labute approximate surface area is 171 Å². The van der Waals surface area contributed by atoms with Crippen molar-refractivity contribution in [3.63, 3.8) is 0 Å². The van der Waals surface area contributed by atoms with Crippen molar-refractivity contribution in [2.24, 2.45) is 4.99 Å². The van der Waals surface area contributed by atoms with Crippen molar-refractivity contribution >= 4 is 36.0 Å². The Morgan fingerprint density at radius 1 is 1.19 bits per heavy atom. The third kappa shape index (κ3) is 9.64. The number of methoxy groups -OCH3 is 1. The molecule has 0 radical (unpaired) electrons. The molecule has 0 aromatic heterocycles. The minimum Gasteiger partial charge on any atom is -0.494 e. The van der Waals surface area contributed by atoms with Crippen LogP contribution in [0.1, 0.15) is 26.3 Å². The summed E-state index contributed by atoms with van der Waals surface area (Å²) < 4.78 is 23.7. The first-order valence-corrected chi connectivity index (χ1v) is 7.99. The first-order valence-electron chi connectivity index (χ1n) is 7.99. The van der Waals surface area contributed by atoms with E-state index in [1.165, 1.54) is 13.2 Å². The van der Waals surface area contributed by atoms with Gasteiger partial charge >= 0.3 is 6.09 Å². The van der Waals surface area contributed by atoms with E-state index >= 15 is 0 Å². The smallest absolute Gasteiger partial charge is 0.407 e. The standard InChI is InChI=1S/C17H27FN4O3.HI/c1-17(2,3)25-16(23)21-9-8-20-15(19-4)22-11-12-6-7-14(24-5)13(18)10-12;/h6-7,10H,8-9,11H2,1-5H3,(H,21,23)(H2,19,20,22);1H. The van der Waals surface area contributed by atoms with Crippen molar-refractivity contribution in [2.75, 3.05) is 27.2 Å². The van der Waals surface area contributed by atoms with Gasteiger partial charge in [-0.2, -0.15) is 0 Å². The van der Waals surface area contributed by atoms with Gasteiger partial charge in [-0.25, -0.2) is 9.18 Å². The van der Waals surface area contributed by atoms with Crippen molar-refractivity contribution in [2.45, 2.75) is 32.9 Å². The zero-order valence-corrected chi connectivity index (χ0v) is 18.1. The van der Waals surface area contributed by atoms with Crippen molar-refractivity contribution in [1.82, 2.24) is 16.0 Å². The van der Waals surface area contributed by atoms with E-state index in [0.29, 0.717) is 25.6 Å². The van der Waals surface area contributed by atoms with Crippen LogP contribution in [0, 0.1) is 5.82 Å². The number of guanidine groups is 1. The number of halogens is 2. The molecule has 0 atom stereocenters. The van der Waals surface area contributed by atoms with Gasteiger partial charge < -0.3 is 25.4 Å². The summed E-state index contributed by atoms with van der Waals surface area (Å²) in [6.07, 6.45) is -0.467. The van der Waals surface area contributed by atoms with E-state index < -0.39 is 17.5 Å². The number of carbonyl (C=O) groups excluding carboxylic acids is 1. The maximum absolute atomic E-state index is 13.6. The second-order valence-electron chi connectivity index (χ2n) is 6.25. The van der Waals surface area contributed by atoms with Gasteiger partial charge in [0.15, 0.2) is 17.5 Å². The Bertz CT molecular complexity index is 606. The van der Waals surface area contributed by atoms with Gasteiger partial charge in [-0.1, -0.05) is 6.07 Å². The van der Waals surface area contributed by atoms with E-state index in [2.05, 4.69) is 20.9 Å². The fourth-order valence-electron chi connectivity index (χ4n) is 1.89. The Morgan fingerprint density at radius 3 is 2.38 bits per heavy atom. The van der Waals surface area contributed by atoms with E-state index in [4.69, 9.17) is 9.47 Å². The number of carbonyl (C=O) groups is 1. The molecule has 0 saturated heterocycles. The lowest BCUT2D eigenvalue weighted by Crippen LogP contribution is -2.42. The van der Waals surface area contributed by atoms with Crippen LogP contribution >= 0.6 is 24.0 Å². The molecule has 0 spiro atoms. The van der Waals surface area contributed by atoms with Gasteiger partial charge in [0.25, 0.3) is 0 Å². The summed E-state index contributed by atoms with van der Waals surface area (Å²) in [6.45, 7) is 6.67. The van der Waals surface area contributed by atoms with E-state index in [9.17, 15) is 9.18 Å². The first kappa shape index (κ1) is 24.2. The minimum atomic E-state index is -0.525. The number of rotatable bonds is 6. The molecule has 1 aromatic rings. The van der Waals surface area contributed by atoms with Gasteiger partial charge in [0, 0.05) is 26.7 Å². The molecule has 0 bridgehead atoms. The molecule has 0 heterocycles. The van der Waals surface area contributed by atoms with Crippen LogP contribution in [0.3, 0.4) is 0 Å². The number of benzene rings is 1. The molecule has 26 heavy (non-hydrogen) atoms. The number of amides is 1. The summed E-state index contributed by atoms with van der Waals surface area (Å²) in [6, 6.07) is 4.75. The monoisotopic (exact) mass is 482 g/mol. The van der Waals surface area contributed by atoms with Crippen LogP contribution in [0.4, 0.5) is 9.18 Å². The van der Waals surface area contributed by atoms with Crippen LogP contribution in [0.25, 0.3) is 0 Å². The molecule has 1 aromatic carbocycles. The lowest BCUT2D eigenvalue weighted by Gasteiger charge is -2.20. The number of nitrogens with zero attached hydrogens (tertiary/aromatic N) is 1. The molecule has 0 fully saturated rings. The normalized spacial score (nSPS) is 11.2. The SMILES string of the molecule is CN=C(NCCNC(=O)OC(C)(C)C)NCc1ccc(OC)c(F)c1.I. The molecule has 0 aliphatic rings. The highest BCUT2D eigenvalue weighted by Gasteiger charge is 2.15. The highest BCUT2D eigenvalue weighted by Crippen LogP contribution is 2.17. The molecular weight excluding hydrogens is 454 g/mol. The van der Waals surface area contributed by atoms with Crippen LogP contribution in [-0.4, -0.2) is 44.9 Å². The summed E-state index contributed by atoms with van der Waals surface area (Å²) in [7, 11) is 3.05. The van der Waals surface area contributed by atoms with Gasteiger partial charge in [0.1, 0.15) is 5.60 Å². The van der Waals surface area contributed by atoms with Crippen LogP contribution in [0.2, 0.25) is 0 Å². The maximum atomic E-state index is 13.6. The van der Waals surface area contributed by atoms with Crippen LogP contribution in [0.15, 0.2) is 23.2 Å². The second kappa shape index (κ2) is 11.8. The molecular formula is C17H28FIN4O3. The van der Waals surface area contributed by atoms with Crippen LogP contribution in [0.5, 0.6) is 5.75 Å². The third-order valence-corrected chi connectivity index (χ3v) is 2.99. The molecule has 0 saturated carbocycles. The average Bonchev–Trinajstić information content (AvgIpc) is 2.52. The van der Waals surface area contributed by atoms with Crippen molar-refractivity contribution < 1.29 is 18.7 Å². The highest BCUT2D eigenvalue weighted by atomic mass is 127. The Balaban J connectivity index is 0.00000625. The van der Waals surface area contributed by atoms with Crippen molar-refractivity contribution in [3.05, 3.63) is 29.6 Å². The zero-order chi connectivity index (χ0) is 18.9. The molecule has 0 unspecified atom stereocenters. The molecule has 0 aliphatic heterocycles. The fraction of sp³-hybridized carbons (Fsp3) is 0.529. The van der Waals surface area contributed by atoms with Crippen molar-refractivity contribution in [1.29, 1.82) is 0 Å². The first-order chi connectivity index (χ1) is 11.7. The molecule has 0 aliphatic carbocycles. The van der Waals surface area contributed by atoms with Crippen LogP contribution in [-0.2, 0) is 11.3 Å². The zero-order valence-electron chi connectivity index (χ0n) is 15.8. The van der Waals surface area contributed by atoms with E-state index in [1.807, 2.05) is 0 Å². The quantitative estimate of drug-likeness (QED) is 0.251. The maximum Gasteiger partial charge on any atom is 0.407 e. The number of alkyl carbamates (subject to hydrolysis) is 1. The molecule has 1 rings (SSSR count). The van der Waals surface area contributed by atoms with Gasteiger partial charge in [-0.05, 0) is 38.5 Å². The summed E-state index contributed by atoms with van der Waals surface area (Å²) in [5.41, 5.74) is 0.232. The molecule has 9 heteroatoms. The van der Waals surface area contributed by atoms with E-state index in [1.54, 1.807) is 40.0 Å². The Morgan fingerprint density at radius 2 is 1.85 bits per heavy atom. The fourth-order valence-corrected chi connectivity index (χ4v) is 1.89.